The zero-order valence-corrected chi connectivity index (χ0v) is 7.18. The number of aliphatic carboxylic acids is 1. The van der Waals surface area contributed by atoms with E-state index in [-0.39, 0.29) is 12.2 Å². The summed E-state index contributed by atoms with van der Waals surface area (Å²) < 4.78 is 0. The summed E-state index contributed by atoms with van der Waals surface area (Å²) in [5.74, 6) is -1.25. The monoisotopic (exact) mass is 158 g/mol. The topological polar surface area (TPSA) is 54.4 Å². The average molecular weight is 158 g/mol. The number of carbonyl (C=O) groups is 2. The van der Waals surface area contributed by atoms with Gasteiger partial charge in [0.1, 0.15) is 12.2 Å². The molecule has 0 saturated heterocycles. The van der Waals surface area contributed by atoms with Crippen LogP contribution in [0.3, 0.4) is 0 Å². The molecule has 3 heteroatoms. The van der Waals surface area contributed by atoms with E-state index in [4.69, 9.17) is 5.11 Å². The number of Topliss-reactive ketones (excluding diaryl/α,β-unsaturated/α-hetero) is 1. The summed E-state index contributed by atoms with van der Waals surface area (Å²) in [6.45, 7) is 5.40. The first-order valence-electron chi connectivity index (χ1n) is 3.65. The largest absolute Gasteiger partial charge is 0.481 e. The van der Waals surface area contributed by atoms with Crippen molar-refractivity contribution in [2.24, 2.45) is 5.41 Å². The molecule has 0 aromatic heterocycles. The van der Waals surface area contributed by atoms with E-state index in [9.17, 15) is 9.59 Å². The van der Waals surface area contributed by atoms with Crippen molar-refractivity contribution in [1.82, 2.24) is 0 Å². The Labute approximate surface area is 66.4 Å². The van der Waals surface area contributed by atoms with E-state index in [1.807, 2.05) is 6.92 Å². The molecule has 0 aliphatic rings. The summed E-state index contributed by atoms with van der Waals surface area (Å²) >= 11 is 0. The number of hydrogen-bond acceptors (Lipinski definition) is 2. The lowest BCUT2D eigenvalue weighted by atomic mass is 9.84. The van der Waals surface area contributed by atoms with Gasteiger partial charge in [-0.15, -0.1) is 0 Å². The van der Waals surface area contributed by atoms with Crippen LogP contribution in [0, 0.1) is 5.41 Å². The molecule has 0 atom stereocenters. The first-order chi connectivity index (χ1) is 4.90. The molecular formula is C8H14O3. The Morgan fingerprint density at radius 3 is 2.09 bits per heavy atom. The zero-order chi connectivity index (χ0) is 9.07. The molecule has 0 aliphatic heterocycles. The minimum absolute atomic E-state index is 0.201. The van der Waals surface area contributed by atoms with Gasteiger partial charge in [-0.05, 0) is 6.42 Å². The maximum atomic E-state index is 11.1. The van der Waals surface area contributed by atoms with Crippen molar-refractivity contribution < 1.29 is 14.7 Å². The van der Waals surface area contributed by atoms with E-state index in [2.05, 4.69) is 0 Å². The Morgan fingerprint density at radius 2 is 1.82 bits per heavy atom. The molecule has 64 valence electrons. The molecule has 0 heterocycles. The third-order valence-corrected chi connectivity index (χ3v) is 1.95. The molecule has 0 unspecified atom stereocenters. The second kappa shape index (κ2) is 3.51. The lowest BCUT2D eigenvalue weighted by Gasteiger charge is -2.19. The van der Waals surface area contributed by atoms with Crippen molar-refractivity contribution in [3.63, 3.8) is 0 Å². The first kappa shape index (κ1) is 10.1. The molecule has 11 heavy (non-hydrogen) atoms. The number of carboxylic acid groups (broad SMARTS) is 1. The Kier molecular flexibility index (Phi) is 3.23. The van der Waals surface area contributed by atoms with Gasteiger partial charge >= 0.3 is 5.97 Å². The third kappa shape index (κ3) is 3.16. The third-order valence-electron chi connectivity index (χ3n) is 1.95. The molecule has 0 fully saturated rings. The highest BCUT2D eigenvalue weighted by molar-refractivity contribution is 5.97. The molecule has 0 aromatic rings. The molecule has 0 aliphatic carbocycles. The van der Waals surface area contributed by atoms with E-state index in [0.717, 1.165) is 0 Å². The van der Waals surface area contributed by atoms with Crippen molar-refractivity contribution in [2.45, 2.75) is 33.6 Å². The minimum atomic E-state index is -1.04. The maximum Gasteiger partial charge on any atom is 0.310 e. The highest BCUT2D eigenvalue weighted by atomic mass is 16.4. The Bertz CT molecular complexity index is 170. The van der Waals surface area contributed by atoms with Crippen LogP contribution in [0.5, 0.6) is 0 Å². The van der Waals surface area contributed by atoms with Gasteiger partial charge in [-0.1, -0.05) is 20.8 Å². The zero-order valence-electron chi connectivity index (χ0n) is 7.18. The quantitative estimate of drug-likeness (QED) is 0.630. The van der Waals surface area contributed by atoms with Crippen LogP contribution in [0.4, 0.5) is 0 Å². The van der Waals surface area contributed by atoms with Crippen LogP contribution in [0.15, 0.2) is 0 Å². The fourth-order valence-electron chi connectivity index (χ4n) is 0.574. The molecule has 0 amide bonds. The van der Waals surface area contributed by atoms with Crippen LogP contribution in [0.25, 0.3) is 0 Å². The summed E-state index contributed by atoms with van der Waals surface area (Å²) in [4.78, 5) is 21.3. The molecule has 0 spiro atoms. The van der Waals surface area contributed by atoms with Crippen molar-refractivity contribution in [2.75, 3.05) is 0 Å². The van der Waals surface area contributed by atoms with Crippen molar-refractivity contribution >= 4 is 11.8 Å². The van der Waals surface area contributed by atoms with E-state index >= 15 is 0 Å². The predicted molar refractivity (Wildman–Crippen MR) is 41.3 cm³/mol. The van der Waals surface area contributed by atoms with Crippen LogP contribution in [0.1, 0.15) is 33.6 Å². The molecule has 0 radical (unpaired) electrons. The number of hydrogen-bond donors (Lipinski definition) is 1. The number of ketones is 1. The molecule has 0 saturated carbocycles. The second-order valence-corrected chi connectivity index (χ2v) is 3.23. The van der Waals surface area contributed by atoms with E-state index < -0.39 is 11.4 Å². The summed E-state index contributed by atoms with van der Waals surface area (Å²) in [6, 6.07) is 0. The molecule has 0 bridgehead atoms. The van der Waals surface area contributed by atoms with Crippen molar-refractivity contribution in [3.8, 4) is 0 Å². The van der Waals surface area contributed by atoms with Crippen LogP contribution in [-0.4, -0.2) is 16.9 Å². The van der Waals surface area contributed by atoms with Crippen molar-refractivity contribution in [3.05, 3.63) is 0 Å². The number of carbonyl (C=O) groups excluding carboxylic acids is 1. The lowest BCUT2D eigenvalue weighted by Crippen LogP contribution is -2.25. The lowest BCUT2D eigenvalue weighted by molar-refractivity contribution is -0.142. The van der Waals surface area contributed by atoms with E-state index in [1.54, 1.807) is 13.8 Å². The van der Waals surface area contributed by atoms with Gasteiger partial charge in [0.25, 0.3) is 0 Å². The SMILES string of the molecule is CCC(C)(C)C(=O)CC(=O)O. The first-order valence-corrected chi connectivity index (χ1v) is 3.65. The van der Waals surface area contributed by atoms with Gasteiger partial charge in [-0.3, -0.25) is 9.59 Å². The van der Waals surface area contributed by atoms with Crippen LogP contribution < -0.4 is 0 Å². The minimum Gasteiger partial charge on any atom is -0.481 e. The molecule has 0 rings (SSSR count). The van der Waals surface area contributed by atoms with Crippen LogP contribution in [-0.2, 0) is 9.59 Å². The average Bonchev–Trinajstić information content (AvgIpc) is 1.86. The fourth-order valence-corrected chi connectivity index (χ4v) is 0.574. The highest BCUT2D eigenvalue weighted by Gasteiger charge is 2.26. The van der Waals surface area contributed by atoms with Crippen molar-refractivity contribution in [1.29, 1.82) is 0 Å². The van der Waals surface area contributed by atoms with Crippen LogP contribution >= 0.6 is 0 Å². The van der Waals surface area contributed by atoms with Gasteiger partial charge in [-0.2, -0.15) is 0 Å². The second-order valence-electron chi connectivity index (χ2n) is 3.23. The molecule has 3 nitrogen and oxygen atoms in total. The summed E-state index contributed by atoms with van der Waals surface area (Å²) in [5, 5.41) is 8.32. The maximum absolute atomic E-state index is 11.1. The summed E-state index contributed by atoms with van der Waals surface area (Å²) in [7, 11) is 0. The highest BCUT2D eigenvalue weighted by Crippen LogP contribution is 2.22. The van der Waals surface area contributed by atoms with Gasteiger partial charge in [-0.25, -0.2) is 0 Å². The Balaban J connectivity index is 4.13. The van der Waals surface area contributed by atoms with Gasteiger partial charge in [0, 0.05) is 5.41 Å². The van der Waals surface area contributed by atoms with Gasteiger partial charge in [0.05, 0.1) is 0 Å². The van der Waals surface area contributed by atoms with E-state index in [1.165, 1.54) is 0 Å². The van der Waals surface area contributed by atoms with Gasteiger partial charge < -0.3 is 5.11 Å². The fraction of sp³-hybridized carbons (Fsp3) is 0.750. The van der Waals surface area contributed by atoms with Gasteiger partial charge in [0.15, 0.2) is 0 Å². The smallest absolute Gasteiger partial charge is 0.310 e. The predicted octanol–water partition coefficient (Wildman–Crippen LogP) is 1.47. The van der Waals surface area contributed by atoms with E-state index in [0.29, 0.717) is 6.42 Å². The molecular weight excluding hydrogens is 144 g/mol. The summed E-state index contributed by atoms with van der Waals surface area (Å²) in [5.41, 5.74) is -0.488. The summed E-state index contributed by atoms with van der Waals surface area (Å²) in [6.07, 6.45) is 0.319. The van der Waals surface area contributed by atoms with Gasteiger partial charge in [0.2, 0.25) is 0 Å². The molecule has 0 aromatic carbocycles. The number of carboxylic acids is 1. The Morgan fingerprint density at radius 1 is 1.36 bits per heavy atom. The van der Waals surface area contributed by atoms with Crippen LogP contribution in [0.2, 0.25) is 0 Å². The normalized spacial score (nSPS) is 11.2. The number of rotatable bonds is 4. The molecule has 1 N–H and O–H groups in total. The Hall–Kier alpha value is -0.860. The standard InChI is InChI=1S/C8H14O3/c1-4-8(2,3)6(9)5-7(10)11/h4-5H2,1-3H3,(H,10,11).